The van der Waals surface area contributed by atoms with Gasteiger partial charge >= 0.3 is 0 Å². The van der Waals surface area contributed by atoms with Gasteiger partial charge in [-0.3, -0.25) is 0 Å². The van der Waals surface area contributed by atoms with Crippen molar-refractivity contribution in [3.05, 3.63) is 29.8 Å². The molecule has 0 heterocycles. The fourth-order valence-corrected chi connectivity index (χ4v) is 2.67. The zero-order valence-electron chi connectivity index (χ0n) is 9.87. The van der Waals surface area contributed by atoms with Crippen LogP contribution in [0.25, 0.3) is 0 Å². The molecule has 0 N–H and O–H groups in total. The van der Waals surface area contributed by atoms with E-state index in [4.69, 9.17) is 0 Å². The van der Waals surface area contributed by atoms with Crippen LogP contribution >= 0.6 is 0 Å². The first-order valence-corrected chi connectivity index (χ1v) is 6.14. The average molecular weight is 203 g/mol. The average Bonchev–Trinajstić information content (AvgIpc) is 2.72. The minimum absolute atomic E-state index is 0.789. The van der Waals surface area contributed by atoms with Crippen molar-refractivity contribution in [2.45, 2.75) is 45.6 Å². The second kappa shape index (κ2) is 4.69. The van der Waals surface area contributed by atoms with E-state index in [1.54, 1.807) is 0 Å². The van der Waals surface area contributed by atoms with E-state index in [0.29, 0.717) is 0 Å². The zero-order chi connectivity index (χ0) is 10.7. The molecule has 0 spiro atoms. The van der Waals surface area contributed by atoms with Gasteiger partial charge in [-0.15, -0.1) is 0 Å². The summed E-state index contributed by atoms with van der Waals surface area (Å²) < 4.78 is 0. The molecule has 1 aromatic rings. The van der Waals surface area contributed by atoms with E-state index in [-0.39, 0.29) is 0 Å². The van der Waals surface area contributed by atoms with Gasteiger partial charge in [0.1, 0.15) is 0 Å². The highest BCUT2D eigenvalue weighted by molar-refractivity contribution is 5.49. The van der Waals surface area contributed by atoms with Crippen LogP contribution in [0, 0.1) is 6.92 Å². The minimum atomic E-state index is 0.789. The Kier molecular flexibility index (Phi) is 3.30. The number of hydrogen-bond acceptors (Lipinski definition) is 1. The monoisotopic (exact) mass is 203 g/mol. The molecule has 0 aliphatic heterocycles. The van der Waals surface area contributed by atoms with E-state index in [1.807, 2.05) is 0 Å². The molecule has 0 saturated heterocycles. The Balaban J connectivity index is 2.18. The van der Waals surface area contributed by atoms with Gasteiger partial charge < -0.3 is 4.90 Å². The predicted octanol–water partition coefficient (Wildman–Crippen LogP) is 3.76. The highest BCUT2D eigenvalue weighted by Gasteiger charge is 2.21. The first-order chi connectivity index (χ1) is 7.31. The fraction of sp³-hybridized carbons (Fsp3) is 0.571. The van der Waals surface area contributed by atoms with Crippen molar-refractivity contribution in [3.63, 3.8) is 0 Å². The van der Waals surface area contributed by atoms with Crippen molar-refractivity contribution in [1.29, 1.82) is 0 Å². The molecule has 0 atom stereocenters. The second-order valence-corrected chi connectivity index (χ2v) is 4.56. The molecule has 1 heteroatoms. The van der Waals surface area contributed by atoms with Gasteiger partial charge in [0.25, 0.3) is 0 Å². The molecule has 82 valence electrons. The van der Waals surface area contributed by atoms with Crippen LogP contribution in [-0.2, 0) is 0 Å². The molecule has 0 aromatic heterocycles. The van der Waals surface area contributed by atoms with E-state index >= 15 is 0 Å². The number of aryl methyl sites for hydroxylation is 1. The summed E-state index contributed by atoms with van der Waals surface area (Å²) in [5, 5.41) is 0. The van der Waals surface area contributed by atoms with Crippen LogP contribution in [-0.4, -0.2) is 12.6 Å². The van der Waals surface area contributed by atoms with Crippen LogP contribution in [0.4, 0.5) is 5.69 Å². The smallest absolute Gasteiger partial charge is 0.0371 e. The summed E-state index contributed by atoms with van der Waals surface area (Å²) in [6.07, 6.45) is 5.57. The van der Waals surface area contributed by atoms with E-state index in [1.165, 1.54) is 36.9 Å². The van der Waals surface area contributed by atoms with Gasteiger partial charge in [0.2, 0.25) is 0 Å². The van der Waals surface area contributed by atoms with Gasteiger partial charge in [0.05, 0.1) is 0 Å². The van der Waals surface area contributed by atoms with Crippen LogP contribution in [0.1, 0.15) is 38.2 Å². The Morgan fingerprint density at radius 2 is 2.00 bits per heavy atom. The Hall–Kier alpha value is -0.980. The summed E-state index contributed by atoms with van der Waals surface area (Å²) in [5.41, 5.74) is 2.77. The van der Waals surface area contributed by atoms with Gasteiger partial charge in [0, 0.05) is 18.3 Å². The Bertz CT molecular complexity index is 313. The predicted molar refractivity (Wildman–Crippen MR) is 66.5 cm³/mol. The standard InChI is InChI=1S/C14H21N/c1-3-15(13-8-4-5-9-13)14-10-6-7-12(2)11-14/h6-7,10-11,13H,3-5,8-9H2,1-2H3. The number of rotatable bonds is 3. The van der Waals surface area contributed by atoms with Crippen LogP contribution in [0.3, 0.4) is 0 Å². The van der Waals surface area contributed by atoms with Crippen molar-refractivity contribution < 1.29 is 0 Å². The van der Waals surface area contributed by atoms with Gasteiger partial charge in [0.15, 0.2) is 0 Å². The molecular formula is C14H21N. The minimum Gasteiger partial charge on any atom is -0.369 e. The third-order valence-electron chi connectivity index (χ3n) is 3.44. The van der Waals surface area contributed by atoms with Gasteiger partial charge in [-0.2, -0.15) is 0 Å². The van der Waals surface area contributed by atoms with Gasteiger partial charge in [-0.05, 0) is 44.4 Å². The van der Waals surface area contributed by atoms with Crippen molar-refractivity contribution in [2.75, 3.05) is 11.4 Å². The molecule has 1 nitrogen and oxygen atoms in total. The van der Waals surface area contributed by atoms with Crippen LogP contribution in [0.2, 0.25) is 0 Å². The third kappa shape index (κ3) is 2.34. The molecule has 0 unspecified atom stereocenters. The number of benzene rings is 1. The summed E-state index contributed by atoms with van der Waals surface area (Å²) in [7, 11) is 0. The molecule has 0 bridgehead atoms. The van der Waals surface area contributed by atoms with Crippen molar-refractivity contribution >= 4 is 5.69 Å². The summed E-state index contributed by atoms with van der Waals surface area (Å²) in [6.45, 7) is 5.57. The number of hydrogen-bond donors (Lipinski definition) is 0. The van der Waals surface area contributed by atoms with Gasteiger partial charge in [-0.25, -0.2) is 0 Å². The van der Waals surface area contributed by atoms with Crippen molar-refractivity contribution in [3.8, 4) is 0 Å². The third-order valence-corrected chi connectivity index (χ3v) is 3.44. The maximum Gasteiger partial charge on any atom is 0.0371 e. The van der Waals surface area contributed by atoms with E-state index in [0.717, 1.165) is 12.6 Å². The SMILES string of the molecule is CCN(c1cccc(C)c1)C1CCCC1. The highest BCUT2D eigenvalue weighted by atomic mass is 15.2. The van der Waals surface area contributed by atoms with Crippen molar-refractivity contribution in [1.82, 2.24) is 0 Å². The van der Waals surface area contributed by atoms with E-state index in [2.05, 4.69) is 43.0 Å². The Morgan fingerprint density at radius 3 is 2.60 bits per heavy atom. The fourth-order valence-electron chi connectivity index (χ4n) is 2.67. The molecule has 1 aliphatic carbocycles. The molecule has 1 aromatic carbocycles. The molecule has 15 heavy (non-hydrogen) atoms. The Labute approximate surface area is 93.1 Å². The normalized spacial score (nSPS) is 16.9. The van der Waals surface area contributed by atoms with Crippen LogP contribution in [0.15, 0.2) is 24.3 Å². The summed E-state index contributed by atoms with van der Waals surface area (Å²) >= 11 is 0. The number of anilines is 1. The molecular weight excluding hydrogens is 182 g/mol. The second-order valence-electron chi connectivity index (χ2n) is 4.56. The Morgan fingerprint density at radius 1 is 1.27 bits per heavy atom. The van der Waals surface area contributed by atoms with E-state index < -0.39 is 0 Å². The molecule has 2 rings (SSSR count). The molecule has 1 saturated carbocycles. The lowest BCUT2D eigenvalue weighted by atomic mass is 10.1. The van der Waals surface area contributed by atoms with Crippen LogP contribution < -0.4 is 4.90 Å². The quantitative estimate of drug-likeness (QED) is 0.723. The van der Waals surface area contributed by atoms with Gasteiger partial charge in [-0.1, -0.05) is 25.0 Å². The molecule has 1 fully saturated rings. The van der Waals surface area contributed by atoms with Crippen LogP contribution in [0.5, 0.6) is 0 Å². The zero-order valence-corrected chi connectivity index (χ0v) is 9.87. The molecule has 0 radical (unpaired) electrons. The van der Waals surface area contributed by atoms with E-state index in [9.17, 15) is 0 Å². The summed E-state index contributed by atoms with van der Waals surface area (Å²) in [6, 6.07) is 9.68. The first-order valence-electron chi connectivity index (χ1n) is 6.14. The maximum absolute atomic E-state index is 2.57. The topological polar surface area (TPSA) is 3.24 Å². The maximum atomic E-state index is 2.57. The highest BCUT2D eigenvalue weighted by Crippen LogP contribution is 2.28. The lowest BCUT2D eigenvalue weighted by Crippen LogP contribution is -2.32. The number of nitrogens with zero attached hydrogens (tertiary/aromatic N) is 1. The lowest BCUT2D eigenvalue weighted by Gasteiger charge is -2.30. The lowest BCUT2D eigenvalue weighted by molar-refractivity contribution is 0.620. The first kappa shape index (κ1) is 10.5. The summed E-state index contributed by atoms with van der Waals surface area (Å²) in [5.74, 6) is 0. The van der Waals surface area contributed by atoms with Crippen molar-refractivity contribution in [2.24, 2.45) is 0 Å². The largest absolute Gasteiger partial charge is 0.369 e. The molecule has 0 amide bonds. The molecule has 1 aliphatic rings. The summed E-state index contributed by atoms with van der Waals surface area (Å²) in [4.78, 5) is 2.57.